The summed E-state index contributed by atoms with van der Waals surface area (Å²) >= 11 is 6.35. The number of aryl methyl sites for hydroxylation is 1. The number of morpholine rings is 1. The number of anilines is 1. The highest BCUT2D eigenvalue weighted by Gasteiger charge is 2.13. The molecule has 8 heteroatoms. The van der Waals surface area contributed by atoms with Gasteiger partial charge in [-0.1, -0.05) is 23.7 Å². The van der Waals surface area contributed by atoms with E-state index in [1.165, 1.54) is 0 Å². The lowest BCUT2D eigenvalue weighted by Crippen LogP contribution is -2.39. The molecule has 1 aliphatic rings. The zero-order valence-electron chi connectivity index (χ0n) is 17.3. The van der Waals surface area contributed by atoms with Crippen LogP contribution in [-0.2, 0) is 4.74 Å². The van der Waals surface area contributed by atoms with E-state index in [2.05, 4.69) is 20.5 Å². The molecular weight excluding hydrogens is 404 g/mol. The normalized spacial score (nSPS) is 15.0. The largest absolute Gasteiger partial charge is 0.497 e. The third-order valence-corrected chi connectivity index (χ3v) is 5.04. The molecule has 2 N–H and O–H groups in total. The van der Waals surface area contributed by atoms with Gasteiger partial charge in [-0.15, -0.1) is 0 Å². The number of nitrogens with zero attached hydrogens (tertiary/aromatic N) is 2. The maximum atomic E-state index is 12.8. The van der Waals surface area contributed by atoms with E-state index in [1.807, 2.05) is 25.1 Å². The van der Waals surface area contributed by atoms with Crippen molar-refractivity contribution < 1.29 is 14.3 Å². The summed E-state index contributed by atoms with van der Waals surface area (Å²) in [5.41, 5.74) is 2.21. The zero-order valence-corrected chi connectivity index (χ0v) is 18.0. The SMILES string of the molecule is COc1cccc(C(=O)NC(=NCCN2CCOCC2)Nc2ccc(C)cc2Cl)c1. The molecule has 0 spiro atoms. The van der Waals surface area contributed by atoms with Gasteiger partial charge in [-0.2, -0.15) is 0 Å². The van der Waals surface area contributed by atoms with Crippen LogP contribution < -0.4 is 15.4 Å². The van der Waals surface area contributed by atoms with E-state index in [4.69, 9.17) is 21.1 Å². The Balaban J connectivity index is 1.73. The molecule has 30 heavy (non-hydrogen) atoms. The van der Waals surface area contributed by atoms with Crippen LogP contribution in [0.4, 0.5) is 5.69 Å². The van der Waals surface area contributed by atoms with Gasteiger partial charge in [0.2, 0.25) is 5.96 Å². The number of ether oxygens (including phenoxy) is 2. The van der Waals surface area contributed by atoms with Crippen LogP contribution in [0.25, 0.3) is 0 Å². The first kappa shape index (κ1) is 22.1. The lowest BCUT2D eigenvalue weighted by atomic mass is 10.2. The van der Waals surface area contributed by atoms with Crippen molar-refractivity contribution in [1.29, 1.82) is 0 Å². The number of rotatable bonds is 6. The van der Waals surface area contributed by atoms with Gasteiger partial charge in [0.1, 0.15) is 5.75 Å². The number of benzene rings is 2. The van der Waals surface area contributed by atoms with E-state index < -0.39 is 0 Å². The molecule has 0 bridgehead atoms. The first-order valence-electron chi connectivity index (χ1n) is 9.88. The third kappa shape index (κ3) is 6.45. The molecule has 0 aliphatic carbocycles. The van der Waals surface area contributed by atoms with Crippen molar-refractivity contribution in [3.63, 3.8) is 0 Å². The number of carbonyl (C=O) groups is 1. The minimum absolute atomic E-state index is 0.283. The van der Waals surface area contributed by atoms with Gasteiger partial charge in [-0.3, -0.25) is 20.0 Å². The van der Waals surface area contributed by atoms with E-state index in [0.717, 1.165) is 38.4 Å². The molecule has 1 aliphatic heterocycles. The van der Waals surface area contributed by atoms with Crippen LogP contribution in [0, 0.1) is 6.92 Å². The number of guanidine groups is 1. The molecule has 0 atom stereocenters. The van der Waals surface area contributed by atoms with Crippen LogP contribution in [0.15, 0.2) is 47.5 Å². The second kappa shape index (κ2) is 11.0. The fourth-order valence-electron chi connectivity index (χ4n) is 3.03. The van der Waals surface area contributed by atoms with Crippen LogP contribution >= 0.6 is 11.6 Å². The van der Waals surface area contributed by atoms with E-state index in [-0.39, 0.29) is 5.91 Å². The van der Waals surface area contributed by atoms with Crippen LogP contribution in [-0.4, -0.2) is 63.3 Å². The predicted octanol–water partition coefficient (Wildman–Crippen LogP) is 3.19. The summed E-state index contributed by atoms with van der Waals surface area (Å²) in [6.07, 6.45) is 0. The summed E-state index contributed by atoms with van der Waals surface area (Å²) in [6.45, 7) is 6.53. The molecular formula is C22H27ClN4O3. The van der Waals surface area contributed by atoms with E-state index in [9.17, 15) is 4.79 Å². The summed E-state index contributed by atoms with van der Waals surface area (Å²) in [6, 6.07) is 12.6. The Morgan fingerprint density at radius 1 is 1.23 bits per heavy atom. The summed E-state index contributed by atoms with van der Waals surface area (Å²) in [5, 5.41) is 6.57. The van der Waals surface area contributed by atoms with Crippen molar-refractivity contribution in [1.82, 2.24) is 10.2 Å². The van der Waals surface area contributed by atoms with Crippen molar-refractivity contribution in [2.45, 2.75) is 6.92 Å². The highest BCUT2D eigenvalue weighted by atomic mass is 35.5. The second-order valence-corrected chi connectivity index (χ2v) is 7.39. The average molecular weight is 431 g/mol. The van der Waals surface area contributed by atoms with Gasteiger partial charge in [0, 0.05) is 25.2 Å². The van der Waals surface area contributed by atoms with Crippen LogP contribution in [0.1, 0.15) is 15.9 Å². The second-order valence-electron chi connectivity index (χ2n) is 6.98. The molecule has 2 aromatic rings. The van der Waals surface area contributed by atoms with Crippen molar-refractivity contribution in [2.24, 2.45) is 4.99 Å². The predicted molar refractivity (Wildman–Crippen MR) is 120 cm³/mol. The number of amides is 1. The molecule has 1 saturated heterocycles. The summed E-state index contributed by atoms with van der Waals surface area (Å²) < 4.78 is 10.6. The molecule has 3 rings (SSSR count). The molecule has 7 nitrogen and oxygen atoms in total. The highest BCUT2D eigenvalue weighted by Crippen LogP contribution is 2.22. The van der Waals surface area contributed by atoms with Crippen molar-refractivity contribution >= 4 is 29.2 Å². The van der Waals surface area contributed by atoms with Gasteiger partial charge in [-0.25, -0.2) is 0 Å². The molecule has 2 aromatic carbocycles. The standard InChI is InChI=1S/C22H27ClN4O3/c1-16-6-7-20(19(23)14-16)25-22(24-8-9-27-10-12-30-13-11-27)26-21(28)17-4-3-5-18(15-17)29-2/h3-7,14-15H,8-13H2,1-2H3,(H2,24,25,26,28). The first-order chi connectivity index (χ1) is 14.5. The van der Waals surface area contributed by atoms with Crippen LogP contribution in [0.5, 0.6) is 5.75 Å². The lowest BCUT2D eigenvalue weighted by Gasteiger charge is -2.25. The molecule has 1 heterocycles. The van der Waals surface area contributed by atoms with Gasteiger partial charge in [0.05, 0.1) is 37.6 Å². The summed E-state index contributed by atoms with van der Waals surface area (Å²) in [7, 11) is 1.57. The number of hydrogen-bond donors (Lipinski definition) is 2. The van der Waals surface area contributed by atoms with Gasteiger partial charge < -0.3 is 14.8 Å². The van der Waals surface area contributed by atoms with Gasteiger partial charge >= 0.3 is 0 Å². The Bertz CT molecular complexity index is 898. The van der Waals surface area contributed by atoms with Gasteiger partial charge in [-0.05, 0) is 42.8 Å². The highest BCUT2D eigenvalue weighted by molar-refractivity contribution is 6.34. The zero-order chi connectivity index (χ0) is 21.3. The summed E-state index contributed by atoms with van der Waals surface area (Å²) in [4.78, 5) is 19.6. The van der Waals surface area contributed by atoms with Crippen LogP contribution in [0.3, 0.4) is 0 Å². The number of aliphatic imine (C=N–C) groups is 1. The molecule has 0 unspecified atom stereocenters. The average Bonchev–Trinajstić information content (AvgIpc) is 2.76. The molecule has 160 valence electrons. The van der Waals surface area contributed by atoms with Gasteiger partial charge in [0.25, 0.3) is 5.91 Å². The molecule has 0 saturated carbocycles. The van der Waals surface area contributed by atoms with E-state index in [1.54, 1.807) is 31.4 Å². The van der Waals surface area contributed by atoms with Crippen molar-refractivity contribution in [3.8, 4) is 5.75 Å². The van der Waals surface area contributed by atoms with Crippen molar-refractivity contribution in [3.05, 3.63) is 58.6 Å². The lowest BCUT2D eigenvalue weighted by molar-refractivity contribution is 0.0394. The maximum absolute atomic E-state index is 12.8. The molecule has 0 radical (unpaired) electrons. The first-order valence-corrected chi connectivity index (χ1v) is 10.3. The Morgan fingerprint density at radius 3 is 2.77 bits per heavy atom. The Labute approximate surface area is 182 Å². The van der Waals surface area contributed by atoms with Crippen molar-refractivity contribution in [2.75, 3.05) is 51.8 Å². The third-order valence-electron chi connectivity index (χ3n) is 4.73. The number of hydrogen-bond acceptors (Lipinski definition) is 5. The number of nitrogens with one attached hydrogen (secondary N) is 2. The van der Waals surface area contributed by atoms with Gasteiger partial charge in [0.15, 0.2) is 0 Å². The Kier molecular flexibility index (Phi) is 8.07. The minimum Gasteiger partial charge on any atom is -0.497 e. The summed E-state index contributed by atoms with van der Waals surface area (Å²) in [5.74, 6) is 0.680. The molecule has 0 aromatic heterocycles. The van der Waals surface area contributed by atoms with Crippen LogP contribution in [0.2, 0.25) is 5.02 Å². The van der Waals surface area contributed by atoms with E-state index in [0.29, 0.717) is 34.5 Å². The monoisotopic (exact) mass is 430 g/mol. The molecule has 1 fully saturated rings. The number of methoxy groups -OCH3 is 1. The number of halogens is 1. The molecule has 1 amide bonds. The maximum Gasteiger partial charge on any atom is 0.258 e. The fourth-order valence-corrected chi connectivity index (χ4v) is 3.31. The topological polar surface area (TPSA) is 75.2 Å². The fraction of sp³-hybridized carbons (Fsp3) is 0.364. The number of carbonyl (C=O) groups excluding carboxylic acids is 1. The Hall–Kier alpha value is -2.61. The quantitative estimate of drug-likeness (QED) is 0.543. The minimum atomic E-state index is -0.283. The smallest absolute Gasteiger partial charge is 0.258 e. The van der Waals surface area contributed by atoms with E-state index >= 15 is 0 Å². The Morgan fingerprint density at radius 2 is 2.03 bits per heavy atom.